The van der Waals surface area contributed by atoms with Crippen LogP contribution < -0.4 is 5.32 Å². The fourth-order valence-electron chi connectivity index (χ4n) is 0. The van der Waals surface area contributed by atoms with Gasteiger partial charge in [-0.05, 0) is 0 Å². The minimum absolute atomic E-state index is 0.00463. The summed E-state index contributed by atoms with van der Waals surface area (Å²) >= 11 is 4.64. The van der Waals surface area contributed by atoms with E-state index in [1.165, 1.54) is 13.3 Å². The van der Waals surface area contributed by atoms with E-state index in [1.54, 1.807) is 7.05 Å². The summed E-state index contributed by atoms with van der Waals surface area (Å²) in [4.78, 5) is 9.70. The Morgan fingerprint density at radius 3 is 1.71 bits per heavy atom. The number of carbonyl (C=O) groups is 1. The highest BCUT2D eigenvalue weighted by Gasteiger charge is 1.72. The second-order valence-electron chi connectivity index (χ2n) is 0.806. The predicted octanol–water partition coefficient (Wildman–Crippen LogP) is 0.607. The Balaban J connectivity index is 0. The lowest BCUT2D eigenvalue weighted by atomic mass is 10.7. The first-order valence-electron chi connectivity index (χ1n) is 1.83. The van der Waals surface area contributed by atoms with Gasteiger partial charge in [0.15, 0.2) is 0 Å². The van der Waals surface area contributed by atoms with E-state index in [4.69, 9.17) is 0 Å². The summed E-state index contributed by atoms with van der Waals surface area (Å²) in [6.07, 6.45) is 1.47. The summed E-state index contributed by atoms with van der Waals surface area (Å²) in [6, 6.07) is 0. The molecule has 0 aliphatic carbocycles. The largest absolute Gasteiger partial charge is 0.359 e. The molecule has 0 unspecified atom stereocenters. The number of alkyl halides is 1. The Kier molecular flexibility index (Phi) is 13.1. The topological polar surface area (TPSA) is 29.1 Å². The maximum atomic E-state index is 9.70. The van der Waals surface area contributed by atoms with Crippen molar-refractivity contribution in [3.8, 4) is 0 Å². The first kappa shape index (κ1) is 9.90. The van der Waals surface area contributed by atoms with Crippen LogP contribution >= 0.6 is 11.6 Å². The molecule has 7 heavy (non-hydrogen) atoms. The van der Waals surface area contributed by atoms with E-state index in [1.807, 2.05) is 0 Å². The molecule has 0 aliphatic rings. The van der Waals surface area contributed by atoms with Crippen molar-refractivity contribution in [3.63, 3.8) is 0 Å². The van der Waals surface area contributed by atoms with Crippen LogP contribution in [0, 0.1) is 0 Å². The first-order valence-corrected chi connectivity index (χ1v) is 2.59. The number of halogens is 1. The SMILES string of the molecule is CCl.CNC(C)=O. The lowest BCUT2D eigenvalue weighted by molar-refractivity contribution is -0.118. The molecule has 1 N–H and O–H groups in total. The Morgan fingerprint density at radius 2 is 1.71 bits per heavy atom. The average molecular weight is 124 g/mol. The second-order valence-corrected chi connectivity index (χ2v) is 0.806. The van der Waals surface area contributed by atoms with Crippen LogP contribution in [0.1, 0.15) is 6.92 Å². The lowest BCUT2D eigenvalue weighted by Crippen LogP contribution is -2.11. The van der Waals surface area contributed by atoms with E-state index >= 15 is 0 Å². The van der Waals surface area contributed by atoms with Crippen LogP contribution in [0.5, 0.6) is 0 Å². The van der Waals surface area contributed by atoms with Gasteiger partial charge in [-0.25, -0.2) is 0 Å². The highest BCUT2D eigenvalue weighted by molar-refractivity contribution is 6.15. The molecule has 0 rings (SSSR count). The molecule has 0 aliphatic heterocycles. The monoisotopic (exact) mass is 123 g/mol. The van der Waals surface area contributed by atoms with Gasteiger partial charge in [0.2, 0.25) is 5.91 Å². The summed E-state index contributed by atoms with van der Waals surface area (Å²) in [5.41, 5.74) is 0. The van der Waals surface area contributed by atoms with E-state index in [0.717, 1.165) is 0 Å². The zero-order valence-corrected chi connectivity index (χ0v) is 5.54. The molecule has 1 amide bonds. The molecular formula is C4H10ClNO. The maximum absolute atomic E-state index is 9.70. The van der Waals surface area contributed by atoms with Crippen molar-refractivity contribution in [1.29, 1.82) is 0 Å². The summed E-state index contributed by atoms with van der Waals surface area (Å²) < 4.78 is 0. The predicted molar refractivity (Wildman–Crippen MR) is 31.5 cm³/mol. The van der Waals surface area contributed by atoms with E-state index in [0.29, 0.717) is 0 Å². The molecule has 0 atom stereocenters. The number of rotatable bonds is 0. The molecule has 2 nitrogen and oxygen atoms in total. The van der Waals surface area contributed by atoms with Crippen molar-refractivity contribution in [1.82, 2.24) is 5.32 Å². The number of hydrogen-bond donors (Lipinski definition) is 1. The quantitative estimate of drug-likeness (QED) is 0.470. The van der Waals surface area contributed by atoms with Gasteiger partial charge < -0.3 is 5.32 Å². The Bertz CT molecular complexity index is 47.0. The van der Waals surface area contributed by atoms with Gasteiger partial charge in [-0.3, -0.25) is 4.79 Å². The molecule has 0 aromatic heterocycles. The molecule has 0 heterocycles. The van der Waals surface area contributed by atoms with E-state index < -0.39 is 0 Å². The van der Waals surface area contributed by atoms with Crippen LogP contribution in [-0.2, 0) is 4.79 Å². The Labute approximate surface area is 48.9 Å². The van der Waals surface area contributed by atoms with Crippen molar-refractivity contribution in [3.05, 3.63) is 0 Å². The van der Waals surface area contributed by atoms with Crippen LogP contribution in [0.25, 0.3) is 0 Å². The number of nitrogens with one attached hydrogen (secondary N) is 1. The number of hydrogen-bond acceptors (Lipinski definition) is 1. The second kappa shape index (κ2) is 9.23. The fraction of sp³-hybridized carbons (Fsp3) is 0.750. The summed E-state index contributed by atoms with van der Waals surface area (Å²) in [6.45, 7) is 1.47. The van der Waals surface area contributed by atoms with Crippen LogP contribution in [-0.4, -0.2) is 19.3 Å². The molecule has 0 aromatic carbocycles. The molecule has 0 saturated heterocycles. The number of carbonyl (C=O) groups excluding carboxylic acids is 1. The molecule has 0 fully saturated rings. The van der Waals surface area contributed by atoms with Crippen molar-refractivity contribution in [2.45, 2.75) is 6.92 Å². The normalized spacial score (nSPS) is 5.71. The van der Waals surface area contributed by atoms with Crippen LogP contribution in [0.4, 0.5) is 0 Å². The van der Waals surface area contributed by atoms with Crippen molar-refractivity contribution < 1.29 is 4.79 Å². The van der Waals surface area contributed by atoms with Gasteiger partial charge in [0, 0.05) is 20.4 Å². The Morgan fingerprint density at radius 1 is 1.57 bits per heavy atom. The summed E-state index contributed by atoms with van der Waals surface area (Å²) in [5, 5.41) is 2.39. The molecule has 0 saturated carbocycles. The van der Waals surface area contributed by atoms with Crippen molar-refractivity contribution >= 4 is 17.5 Å². The van der Waals surface area contributed by atoms with Gasteiger partial charge in [-0.1, -0.05) is 0 Å². The van der Waals surface area contributed by atoms with Gasteiger partial charge in [0.1, 0.15) is 0 Å². The van der Waals surface area contributed by atoms with E-state index in [-0.39, 0.29) is 5.91 Å². The average Bonchev–Trinajstić information content (AvgIpc) is 1.73. The first-order chi connectivity index (χ1) is 3.27. The zero-order chi connectivity index (χ0) is 6.28. The minimum Gasteiger partial charge on any atom is -0.359 e. The smallest absolute Gasteiger partial charge is 0.216 e. The minimum atomic E-state index is 0.00463. The zero-order valence-electron chi connectivity index (χ0n) is 4.79. The van der Waals surface area contributed by atoms with Gasteiger partial charge in [-0.15, -0.1) is 11.6 Å². The molecule has 0 bridgehead atoms. The molecule has 3 heteroatoms. The van der Waals surface area contributed by atoms with Gasteiger partial charge in [0.05, 0.1) is 0 Å². The van der Waals surface area contributed by atoms with Crippen LogP contribution in [0.3, 0.4) is 0 Å². The van der Waals surface area contributed by atoms with Gasteiger partial charge in [-0.2, -0.15) is 0 Å². The molecule has 0 spiro atoms. The van der Waals surface area contributed by atoms with Gasteiger partial charge >= 0.3 is 0 Å². The Hall–Kier alpha value is -0.240. The lowest BCUT2D eigenvalue weighted by Gasteiger charge is -1.80. The molecule has 0 aromatic rings. The fourth-order valence-corrected chi connectivity index (χ4v) is 0. The highest BCUT2D eigenvalue weighted by atomic mass is 35.5. The van der Waals surface area contributed by atoms with Crippen LogP contribution in [0.15, 0.2) is 0 Å². The van der Waals surface area contributed by atoms with Crippen molar-refractivity contribution in [2.75, 3.05) is 13.4 Å². The molecule has 0 radical (unpaired) electrons. The van der Waals surface area contributed by atoms with E-state index in [9.17, 15) is 4.79 Å². The molecule has 44 valence electrons. The summed E-state index contributed by atoms with van der Waals surface area (Å²) in [7, 11) is 1.60. The van der Waals surface area contributed by atoms with Crippen molar-refractivity contribution in [2.24, 2.45) is 0 Å². The highest BCUT2D eigenvalue weighted by Crippen LogP contribution is 1.45. The third-order valence-electron chi connectivity index (χ3n) is 0.352. The third kappa shape index (κ3) is 26.3. The van der Waals surface area contributed by atoms with E-state index in [2.05, 4.69) is 16.9 Å². The molecular weight excluding hydrogens is 114 g/mol. The van der Waals surface area contributed by atoms with Gasteiger partial charge in [0.25, 0.3) is 0 Å². The van der Waals surface area contributed by atoms with Crippen LogP contribution in [0.2, 0.25) is 0 Å². The standard InChI is InChI=1S/C3H7NO.CH3Cl/c1-3(5)4-2;1-2/h1-2H3,(H,4,5);1H3. The number of amides is 1. The maximum Gasteiger partial charge on any atom is 0.216 e. The summed E-state index contributed by atoms with van der Waals surface area (Å²) in [5.74, 6) is 0.00463. The third-order valence-corrected chi connectivity index (χ3v) is 0.352.